The molecule has 8 heteroatoms. The number of nitrogens with two attached hydrogens (primary N) is 1. The molecule has 0 saturated heterocycles. The molecule has 0 atom stereocenters. The zero-order valence-corrected chi connectivity index (χ0v) is 15.3. The van der Waals surface area contributed by atoms with Gasteiger partial charge >= 0.3 is 0 Å². The molecule has 0 unspecified atom stereocenters. The first kappa shape index (κ1) is 16.5. The SMILES string of the molecule is NC(=S)c1ccc(CNC(=O)c2cc(Br)sc2Br)c(F)c1. The molecule has 0 radical (unpaired) electrons. The molecule has 21 heavy (non-hydrogen) atoms. The van der Waals surface area contributed by atoms with E-state index in [0.717, 1.165) is 7.57 Å². The highest BCUT2D eigenvalue weighted by Crippen LogP contribution is 2.31. The monoisotopic (exact) mass is 450 g/mol. The van der Waals surface area contributed by atoms with Crippen LogP contribution in [0.5, 0.6) is 0 Å². The average molecular weight is 452 g/mol. The summed E-state index contributed by atoms with van der Waals surface area (Å²) < 4.78 is 15.4. The molecular formula is C13H9Br2FN2OS2. The minimum atomic E-state index is -0.453. The minimum absolute atomic E-state index is 0.0855. The van der Waals surface area contributed by atoms with Gasteiger partial charge in [-0.15, -0.1) is 11.3 Å². The third kappa shape index (κ3) is 4.09. The van der Waals surface area contributed by atoms with E-state index in [1.807, 2.05) is 0 Å². The quantitative estimate of drug-likeness (QED) is 0.691. The number of hydrogen-bond donors (Lipinski definition) is 2. The van der Waals surface area contributed by atoms with Crippen molar-refractivity contribution in [1.82, 2.24) is 5.32 Å². The Hall–Kier alpha value is -0.830. The van der Waals surface area contributed by atoms with E-state index in [9.17, 15) is 9.18 Å². The first-order chi connectivity index (χ1) is 9.88. The summed E-state index contributed by atoms with van der Waals surface area (Å²) in [6.07, 6.45) is 0. The third-order valence-electron chi connectivity index (χ3n) is 2.68. The van der Waals surface area contributed by atoms with Crippen molar-refractivity contribution in [3.63, 3.8) is 0 Å². The average Bonchev–Trinajstić information content (AvgIpc) is 2.75. The van der Waals surface area contributed by atoms with Crippen LogP contribution in [0.1, 0.15) is 21.5 Å². The number of carbonyl (C=O) groups is 1. The van der Waals surface area contributed by atoms with Crippen molar-refractivity contribution in [2.45, 2.75) is 6.54 Å². The van der Waals surface area contributed by atoms with Crippen LogP contribution in [0.3, 0.4) is 0 Å². The van der Waals surface area contributed by atoms with E-state index in [-0.39, 0.29) is 17.4 Å². The van der Waals surface area contributed by atoms with Gasteiger partial charge in [-0.3, -0.25) is 4.79 Å². The fourth-order valence-corrected chi connectivity index (χ4v) is 4.53. The van der Waals surface area contributed by atoms with E-state index in [4.69, 9.17) is 18.0 Å². The number of rotatable bonds is 4. The molecule has 110 valence electrons. The van der Waals surface area contributed by atoms with Crippen LogP contribution < -0.4 is 11.1 Å². The number of thiophene rings is 1. The van der Waals surface area contributed by atoms with Crippen molar-refractivity contribution in [2.24, 2.45) is 5.73 Å². The second-order valence-electron chi connectivity index (χ2n) is 4.09. The lowest BCUT2D eigenvalue weighted by Crippen LogP contribution is -2.23. The Morgan fingerprint density at radius 1 is 1.38 bits per heavy atom. The predicted octanol–water partition coefficient (Wildman–Crippen LogP) is 3.98. The molecule has 0 saturated carbocycles. The number of thiocarbonyl (C=S) groups is 1. The fraction of sp³-hybridized carbons (Fsp3) is 0.0769. The van der Waals surface area contributed by atoms with Gasteiger partial charge in [0.15, 0.2) is 0 Å². The third-order valence-corrected chi connectivity index (χ3v) is 5.25. The molecule has 0 aliphatic heterocycles. The summed E-state index contributed by atoms with van der Waals surface area (Å²) in [5, 5.41) is 2.67. The van der Waals surface area contributed by atoms with Gasteiger partial charge in [0.1, 0.15) is 10.8 Å². The van der Waals surface area contributed by atoms with Crippen LogP contribution in [-0.4, -0.2) is 10.9 Å². The van der Waals surface area contributed by atoms with Gasteiger partial charge in [-0.05, 0) is 44.0 Å². The molecule has 3 N–H and O–H groups in total. The van der Waals surface area contributed by atoms with Crippen molar-refractivity contribution in [2.75, 3.05) is 0 Å². The molecule has 1 heterocycles. The van der Waals surface area contributed by atoms with Crippen LogP contribution in [0.2, 0.25) is 0 Å². The molecule has 2 rings (SSSR count). The van der Waals surface area contributed by atoms with Gasteiger partial charge in [0.2, 0.25) is 0 Å². The van der Waals surface area contributed by atoms with Crippen LogP contribution in [0.15, 0.2) is 31.8 Å². The lowest BCUT2D eigenvalue weighted by Gasteiger charge is -2.07. The van der Waals surface area contributed by atoms with Crippen molar-refractivity contribution >= 4 is 66.3 Å². The van der Waals surface area contributed by atoms with Gasteiger partial charge < -0.3 is 11.1 Å². The molecule has 1 aromatic heterocycles. The standard InChI is InChI=1S/C13H9Br2FN2OS2/c14-10-4-8(11(15)21-10)13(19)18-5-7-2-1-6(12(17)20)3-9(7)16/h1-4H,5H2,(H2,17,20)(H,18,19). The van der Waals surface area contributed by atoms with E-state index >= 15 is 0 Å². The highest BCUT2D eigenvalue weighted by atomic mass is 79.9. The Bertz CT molecular complexity index is 718. The van der Waals surface area contributed by atoms with Crippen molar-refractivity contribution in [1.29, 1.82) is 0 Å². The Morgan fingerprint density at radius 3 is 2.62 bits per heavy atom. The number of halogens is 3. The summed E-state index contributed by atoms with van der Waals surface area (Å²) in [6, 6.07) is 6.16. The van der Waals surface area contributed by atoms with Gasteiger partial charge in [0.05, 0.1) is 13.1 Å². The summed E-state index contributed by atoms with van der Waals surface area (Å²) in [7, 11) is 0. The maximum absolute atomic E-state index is 13.9. The second kappa shape index (κ2) is 6.95. The Balaban J connectivity index is 2.08. The summed E-state index contributed by atoms with van der Waals surface area (Å²) in [5.74, 6) is -0.729. The van der Waals surface area contributed by atoms with Crippen LogP contribution in [-0.2, 0) is 6.54 Å². The number of hydrogen-bond acceptors (Lipinski definition) is 3. The molecule has 2 aromatic rings. The maximum atomic E-state index is 13.9. The summed E-state index contributed by atoms with van der Waals surface area (Å²) in [6.45, 7) is 0.0855. The maximum Gasteiger partial charge on any atom is 0.253 e. The van der Waals surface area contributed by atoms with Gasteiger partial charge in [-0.2, -0.15) is 0 Å². The lowest BCUT2D eigenvalue weighted by molar-refractivity contribution is 0.0950. The molecule has 1 amide bonds. The largest absolute Gasteiger partial charge is 0.389 e. The first-order valence-corrected chi connectivity index (χ1v) is 8.51. The summed E-state index contributed by atoms with van der Waals surface area (Å²) >= 11 is 12.8. The van der Waals surface area contributed by atoms with Gasteiger partial charge in [-0.25, -0.2) is 4.39 Å². The van der Waals surface area contributed by atoms with Crippen LogP contribution in [0.25, 0.3) is 0 Å². The zero-order valence-electron chi connectivity index (χ0n) is 10.5. The fourth-order valence-electron chi connectivity index (χ4n) is 1.61. The van der Waals surface area contributed by atoms with Crippen LogP contribution in [0, 0.1) is 5.82 Å². The molecule has 0 spiro atoms. The number of benzene rings is 1. The number of carbonyl (C=O) groups excluding carboxylic acids is 1. The van der Waals surface area contributed by atoms with Crippen LogP contribution >= 0.6 is 55.4 Å². The summed E-state index contributed by atoms with van der Waals surface area (Å²) in [5.41, 5.74) is 6.77. The van der Waals surface area contributed by atoms with Crippen LogP contribution in [0.4, 0.5) is 4.39 Å². The second-order valence-corrected chi connectivity index (χ2v) is 8.28. The van der Waals surface area contributed by atoms with Gasteiger partial charge in [0, 0.05) is 17.7 Å². The Morgan fingerprint density at radius 2 is 2.10 bits per heavy atom. The smallest absolute Gasteiger partial charge is 0.253 e. The topological polar surface area (TPSA) is 55.1 Å². The zero-order chi connectivity index (χ0) is 15.6. The predicted molar refractivity (Wildman–Crippen MR) is 93.2 cm³/mol. The number of nitrogens with one attached hydrogen (secondary N) is 1. The van der Waals surface area contributed by atoms with E-state index < -0.39 is 5.82 Å². The minimum Gasteiger partial charge on any atom is -0.389 e. The van der Waals surface area contributed by atoms with E-state index in [2.05, 4.69) is 37.2 Å². The van der Waals surface area contributed by atoms with Crippen molar-refractivity contribution in [3.05, 3.63) is 54.3 Å². The van der Waals surface area contributed by atoms with E-state index in [1.165, 1.54) is 17.4 Å². The Labute approximate surface area is 147 Å². The van der Waals surface area contributed by atoms with Crippen molar-refractivity contribution in [3.8, 4) is 0 Å². The van der Waals surface area contributed by atoms with E-state index in [1.54, 1.807) is 18.2 Å². The molecule has 3 nitrogen and oxygen atoms in total. The van der Waals surface area contributed by atoms with Gasteiger partial charge in [0.25, 0.3) is 5.91 Å². The number of amides is 1. The lowest BCUT2D eigenvalue weighted by atomic mass is 10.1. The molecule has 0 aliphatic rings. The normalized spacial score (nSPS) is 10.4. The first-order valence-electron chi connectivity index (χ1n) is 5.69. The Kier molecular flexibility index (Phi) is 5.48. The van der Waals surface area contributed by atoms with E-state index in [0.29, 0.717) is 16.7 Å². The molecule has 1 aromatic carbocycles. The summed E-state index contributed by atoms with van der Waals surface area (Å²) in [4.78, 5) is 12.2. The molecule has 0 aliphatic carbocycles. The van der Waals surface area contributed by atoms with Gasteiger partial charge in [-0.1, -0.05) is 24.4 Å². The molecular weight excluding hydrogens is 443 g/mol. The molecule has 0 bridgehead atoms. The highest BCUT2D eigenvalue weighted by Gasteiger charge is 2.14. The van der Waals surface area contributed by atoms with Crippen molar-refractivity contribution < 1.29 is 9.18 Å². The molecule has 0 fully saturated rings. The highest BCUT2D eigenvalue weighted by molar-refractivity contribution is 9.12.